The summed E-state index contributed by atoms with van der Waals surface area (Å²) in [6.07, 6.45) is 5.79. The van der Waals surface area contributed by atoms with Crippen molar-refractivity contribution >= 4 is 11.5 Å². The molecule has 0 atom stereocenters. The van der Waals surface area contributed by atoms with Gasteiger partial charge in [-0.25, -0.2) is 0 Å². The van der Waals surface area contributed by atoms with Gasteiger partial charge in [0.25, 0.3) is 0 Å². The summed E-state index contributed by atoms with van der Waals surface area (Å²) in [6.45, 7) is 2.62. The van der Waals surface area contributed by atoms with Crippen LogP contribution in [0.15, 0.2) is 42.9 Å². The zero-order chi connectivity index (χ0) is 13.7. The summed E-state index contributed by atoms with van der Waals surface area (Å²) >= 11 is 0. The summed E-state index contributed by atoms with van der Waals surface area (Å²) in [4.78, 5) is 21.8. The maximum atomic E-state index is 11.5. The first-order valence-electron chi connectivity index (χ1n) is 6.30. The van der Waals surface area contributed by atoms with Crippen LogP contribution in [0.25, 0.3) is 0 Å². The van der Waals surface area contributed by atoms with E-state index in [1.54, 1.807) is 24.7 Å². The van der Waals surface area contributed by atoms with E-state index >= 15 is 0 Å². The lowest BCUT2D eigenvalue weighted by Crippen LogP contribution is -2.16. The molecule has 4 heteroatoms. The molecular weight excluding hydrogens is 238 g/mol. The monoisotopic (exact) mass is 255 g/mol. The molecule has 4 nitrogen and oxygen atoms in total. The normalized spacial score (nSPS) is 10.2. The molecule has 0 saturated carbocycles. The molecule has 0 saturated heterocycles. The van der Waals surface area contributed by atoms with Gasteiger partial charge < -0.3 is 4.90 Å². The van der Waals surface area contributed by atoms with Crippen LogP contribution in [0.5, 0.6) is 0 Å². The first-order chi connectivity index (χ1) is 9.20. The average molecular weight is 255 g/mol. The minimum Gasteiger partial charge on any atom is -0.369 e. The second-order valence-corrected chi connectivity index (χ2v) is 4.39. The van der Waals surface area contributed by atoms with E-state index in [2.05, 4.69) is 14.9 Å². The van der Waals surface area contributed by atoms with Crippen LogP contribution < -0.4 is 4.90 Å². The summed E-state index contributed by atoms with van der Waals surface area (Å²) < 4.78 is 0. The third-order valence-corrected chi connectivity index (χ3v) is 2.96. The second kappa shape index (κ2) is 6.09. The summed E-state index contributed by atoms with van der Waals surface area (Å²) in [6, 6.07) is 7.68. The largest absolute Gasteiger partial charge is 0.369 e. The second-order valence-electron chi connectivity index (χ2n) is 4.39. The van der Waals surface area contributed by atoms with Crippen LogP contribution >= 0.6 is 0 Å². The minimum atomic E-state index is 0.0725. The van der Waals surface area contributed by atoms with E-state index in [0.717, 1.165) is 12.2 Å². The Morgan fingerprint density at radius 1 is 1.21 bits per heavy atom. The van der Waals surface area contributed by atoms with Gasteiger partial charge in [0.15, 0.2) is 5.78 Å². The first kappa shape index (κ1) is 13.2. The maximum absolute atomic E-state index is 11.5. The van der Waals surface area contributed by atoms with Crippen LogP contribution in [0.2, 0.25) is 0 Å². The van der Waals surface area contributed by atoms with Gasteiger partial charge in [0, 0.05) is 32.4 Å². The summed E-state index contributed by atoms with van der Waals surface area (Å²) in [5.41, 5.74) is 2.71. The molecule has 2 aromatic rings. The molecule has 0 N–H and O–H groups in total. The van der Waals surface area contributed by atoms with Gasteiger partial charge in [0.1, 0.15) is 5.69 Å². The third kappa shape index (κ3) is 3.37. The number of rotatable bonds is 5. The predicted molar refractivity (Wildman–Crippen MR) is 75.2 cm³/mol. The van der Waals surface area contributed by atoms with Gasteiger partial charge in [-0.2, -0.15) is 0 Å². The molecule has 0 aliphatic rings. The maximum Gasteiger partial charge on any atom is 0.180 e. The van der Waals surface area contributed by atoms with Gasteiger partial charge in [-0.1, -0.05) is 6.92 Å². The number of aromatic nitrogens is 2. The van der Waals surface area contributed by atoms with Gasteiger partial charge in [0.2, 0.25) is 0 Å². The summed E-state index contributed by atoms with van der Waals surface area (Å²) in [5.74, 6) is 0.0725. The lowest BCUT2D eigenvalue weighted by atomic mass is 10.2. The van der Waals surface area contributed by atoms with Crippen molar-refractivity contribution in [3.63, 3.8) is 0 Å². The molecule has 0 spiro atoms. The Bertz CT molecular complexity index is 537. The Labute approximate surface area is 113 Å². The fourth-order valence-electron chi connectivity index (χ4n) is 1.81. The smallest absolute Gasteiger partial charge is 0.180 e. The molecule has 98 valence electrons. The van der Waals surface area contributed by atoms with E-state index in [9.17, 15) is 4.79 Å². The number of pyridine rings is 2. The highest BCUT2D eigenvalue weighted by Gasteiger charge is 2.06. The predicted octanol–water partition coefficient (Wildman–Crippen LogP) is 2.71. The molecule has 0 bridgehead atoms. The molecule has 2 rings (SSSR count). The van der Waals surface area contributed by atoms with E-state index in [-0.39, 0.29) is 5.78 Å². The standard InChI is InChI=1S/C15H17N3O/c1-3-15(19)14-5-4-13(10-17-14)18(2)11-12-6-8-16-9-7-12/h4-10H,3,11H2,1-2H3. The summed E-state index contributed by atoms with van der Waals surface area (Å²) in [5, 5.41) is 0. The minimum absolute atomic E-state index is 0.0725. The zero-order valence-electron chi connectivity index (χ0n) is 11.2. The van der Waals surface area contributed by atoms with Gasteiger partial charge in [0.05, 0.1) is 11.9 Å². The Kier molecular flexibility index (Phi) is 4.23. The van der Waals surface area contributed by atoms with Crippen LogP contribution in [-0.2, 0) is 6.54 Å². The van der Waals surface area contributed by atoms with Crippen LogP contribution in [0, 0.1) is 0 Å². The number of hydrogen-bond acceptors (Lipinski definition) is 4. The molecule has 2 aromatic heterocycles. The number of carbonyl (C=O) groups is 1. The number of carbonyl (C=O) groups excluding carboxylic acids is 1. The van der Waals surface area contributed by atoms with E-state index in [1.165, 1.54) is 5.56 Å². The number of nitrogens with zero attached hydrogens (tertiary/aromatic N) is 3. The molecule has 0 aliphatic heterocycles. The van der Waals surface area contributed by atoms with Crippen molar-refractivity contribution in [1.29, 1.82) is 0 Å². The highest BCUT2D eigenvalue weighted by Crippen LogP contribution is 2.14. The number of Topliss-reactive ketones (excluding diaryl/α,β-unsaturated/α-hetero) is 1. The van der Waals surface area contributed by atoms with Crippen molar-refractivity contribution in [2.75, 3.05) is 11.9 Å². The summed E-state index contributed by atoms with van der Waals surface area (Å²) in [7, 11) is 2.00. The van der Waals surface area contributed by atoms with Gasteiger partial charge in [-0.3, -0.25) is 14.8 Å². The van der Waals surface area contributed by atoms with Crippen molar-refractivity contribution in [1.82, 2.24) is 9.97 Å². The van der Waals surface area contributed by atoms with E-state index in [1.807, 2.05) is 32.2 Å². The SMILES string of the molecule is CCC(=O)c1ccc(N(C)Cc2ccncc2)cn1. The topological polar surface area (TPSA) is 46.1 Å². The van der Waals surface area contributed by atoms with Crippen molar-refractivity contribution in [2.45, 2.75) is 19.9 Å². The molecule has 0 amide bonds. The lowest BCUT2D eigenvalue weighted by molar-refractivity contribution is 0.0983. The van der Waals surface area contributed by atoms with Gasteiger partial charge in [-0.05, 0) is 29.8 Å². The molecule has 0 unspecified atom stereocenters. The number of ketones is 1. The Balaban J connectivity index is 2.07. The van der Waals surface area contributed by atoms with Crippen molar-refractivity contribution in [3.05, 3.63) is 54.1 Å². The van der Waals surface area contributed by atoms with Crippen molar-refractivity contribution in [3.8, 4) is 0 Å². The Morgan fingerprint density at radius 3 is 2.53 bits per heavy atom. The molecule has 0 aromatic carbocycles. The van der Waals surface area contributed by atoms with Crippen LogP contribution in [0.4, 0.5) is 5.69 Å². The van der Waals surface area contributed by atoms with Crippen molar-refractivity contribution < 1.29 is 4.79 Å². The van der Waals surface area contributed by atoms with Crippen molar-refractivity contribution in [2.24, 2.45) is 0 Å². The number of hydrogen-bond donors (Lipinski definition) is 0. The molecule has 0 aliphatic carbocycles. The highest BCUT2D eigenvalue weighted by atomic mass is 16.1. The molecule has 0 fully saturated rings. The fourth-order valence-corrected chi connectivity index (χ4v) is 1.81. The Morgan fingerprint density at radius 2 is 1.95 bits per heavy atom. The fraction of sp³-hybridized carbons (Fsp3) is 0.267. The van der Waals surface area contributed by atoms with Crippen LogP contribution in [0.1, 0.15) is 29.4 Å². The van der Waals surface area contributed by atoms with Gasteiger partial charge >= 0.3 is 0 Å². The molecule has 19 heavy (non-hydrogen) atoms. The lowest BCUT2D eigenvalue weighted by Gasteiger charge is -2.19. The molecule has 2 heterocycles. The van der Waals surface area contributed by atoms with E-state index in [4.69, 9.17) is 0 Å². The Hall–Kier alpha value is -2.23. The average Bonchev–Trinajstić information content (AvgIpc) is 2.47. The first-order valence-corrected chi connectivity index (χ1v) is 6.30. The third-order valence-electron chi connectivity index (χ3n) is 2.96. The molecular formula is C15H17N3O. The quantitative estimate of drug-likeness (QED) is 0.771. The molecule has 0 radical (unpaired) electrons. The highest BCUT2D eigenvalue weighted by molar-refractivity contribution is 5.94. The number of anilines is 1. The van der Waals surface area contributed by atoms with E-state index in [0.29, 0.717) is 12.1 Å². The van der Waals surface area contributed by atoms with Gasteiger partial charge in [-0.15, -0.1) is 0 Å². The van der Waals surface area contributed by atoms with E-state index < -0.39 is 0 Å². The zero-order valence-corrected chi connectivity index (χ0v) is 11.2. The van der Waals surface area contributed by atoms with Crippen LogP contribution in [0.3, 0.4) is 0 Å². The van der Waals surface area contributed by atoms with Crippen LogP contribution in [-0.4, -0.2) is 22.8 Å².